The van der Waals surface area contributed by atoms with Crippen molar-refractivity contribution in [1.82, 2.24) is 4.90 Å². The second-order valence-electron chi connectivity index (χ2n) is 5.26. The standard InChI is InChI=1S/C13H26N2/c14-10-9-13-8-4-5-11-15(13)12-6-2-1-3-7-12/h12-13H,1-11,14H2. The van der Waals surface area contributed by atoms with Gasteiger partial charge >= 0.3 is 0 Å². The third-order valence-electron chi connectivity index (χ3n) is 4.22. The van der Waals surface area contributed by atoms with Crippen LogP contribution in [0.4, 0.5) is 0 Å². The first kappa shape index (κ1) is 11.4. The van der Waals surface area contributed by atoms with E-state index >= 15 is 0 Å². The molecule has 0 amide bonds. The first-order valence-electron chi connectivity index (χ1n) is 6.87. The molecule has 1 aliphatic heterocycles. The normalized spacial score (nSPS) is 30.6. The van der Waals surface area contributed by atoms with E-state index in [0.29, 0.717) is 0 Å². The predicted octanol–water partition coefficient (Wildman–Crippen LogP) is 2.52. The minimum Gasteiger partial charge on any atom is -0.330 e. The third-order valence-corrected chi connectivity index (χ3v) is 4.22. The molecule has 0 aromatic heterocycles. The van der Waals surface area contributed by atoms with Crippen LogP contribution in [0.15, 0.2) is 0 Å². The lowest BCUT2D eigenvalue weighted by atomic mass is 9.89. The summed E-state index contributed by atoms with van der Waals surface area (Å²) in [6.07, 6.45) is 12.7. The van der Waals surface area contributed by atoms with Crippen molar-refractivity contribution in [3.05, 3.63) is 0 Å². The van der Waals surface area contributed by atoms with Gasteiger partial charge in [-0.2, -0.15) is 0 Å². The summed E-state index contributed by atoms with van der Waals surface area (Å²) < 4.78 is 0. The summed E-state index contributed by atoms with van der Waals surface area (Å²) in [5.74, 6) is 0. The number of nitrogens with zero attached hydrogens (tertiary/aromatic N) is 1. The minimum absolute atomic E-state index is 0.812. The summed E-state index contributed by atoms with van der Waals surface area (Å²) in [6.45, 7) is 2.21. The number of rotatable bonds is 3. The van der Waals surface area contributed by atoms with Crippen molar-refractivity contribution in [3.63, 3.8) is 0 Å². The molecule has 1 aliphatic carbocycles. The molecule has 2 N–H and O–H groups in total. The SMILES string of the molecule is NCCC1CCCCN1C1CCCCC1. The molecule has 0 aromatic rings. The molecule has 0 spiro atoms. The highest BCUT2D eigenvalue weighted by atomic mass is 15.2. The van der Waals surface area contributed by atoms with Crippen molar-refractivity contribution in [3.8, 4) is 0 Å². The average molecular weight is 210 g/mol. The summed E-state index contributed by atoms with van der Waals surface area (Å²) in [6, 6.07) is 1.71. The highest BCUT2D eigenvalue weighted by molar-refractivity contribution is 4.84. The van der Waals surface area contributed by atoms with Crippen molar-refractivity contribution in [2.75, 3.05) is 13.1 Å². The largest absolute Gasteiger partial charge is 0.330 e. The molecule has 1 heterocycles. The molecule has 2 nitrogen and oxygen atoms in total. The summed E-state index contributed by atoms with van der Waals surface area (Å²) in [5.41, 5.74) is 5.72. The molecule has 1 atom stereocenters. The third kappa shape index (κ3) is 2.94. The van der Waals surface area contributed by atoms with Gasteiger partial charge in [0.25, 0.3) is 0 Å². The summed E-state index contributed by atoms with van der Waals surface area (Å²) >= 11 is 0. The van der Waals surface area contributed by atoms with Crippen molar-refractivity contribution in [1.29, 1.82) is 0 Å². The summed E-state index contributed by atoms with van der Waals surface area (Å²) in [5, 5.41) is 0. The molecular weight excluding hydrogens is 184 g/mol. The van der Waals surface area contributed by atoms with Gasteiger partial charge in [0.15, 0.2) is 0 Å². The fourth-order valence-electron chi connectivity index (χ4n) is 3.42. The molecule has 0 bridgehead atoms. The lowest BCUT2D eigenvalue weighted by Gasteiger charge is -2.43. The molecule has 1 saturated carbocycles. The molecule has 0 radical (unpaired) electrons. The first-order chi connectivity index (χ1) is 7.42. The van der Waals surface area contributed by atoms with Crippen molar-refractivity contribution >= 4 is 0 Å². The van der Waals surface area contributed by atoms with Crippen LogP contribution in [0.1, 0.15) is 57.8 Å². The van der Waals surface area contributed by atoms with Crippen LogP contribution in [0, 0.1) is 0 Å². The van der Waals surface area contributed by atoms with Gasteiger partial charge in [-0.3, -0.25) is 4.90 Å². The first-order valence-corrected chi connectivity index (χ1v) is 6.87. The lowest BCUT2D eigenvalue weighted by molar-refractivity contribution is 0.0691. The van der Waals surface area contributed by atoms with Crippen molar-refractivity contribution in [2.45, 2.75) is 69.9 Å². The van der Waals surface area contributed by atoms with Crippen LogP contribution in [0.2, 0.25) is 0 Å². The Morgan fingerprint density at radius 1 is 0.933 bits per heavy atom. The van der Waals surface area contributed by atoms with Gasteiger partial charge in [-0.15, -0.1) is 0 Å². The topological polar surface area (TPSA) is 29.3 Å². The second kappa shape index (κ2) is 5.86. The fraction of sp³-hybridized carbons (Fsp3) is 1.00. The quantitative estimate of drug-likeness (QED) is 0.775. The fourth-order valence-corrected chi connectivity index (χ4v) is 3.42. The average Bonchev–Trinajstić information content (AvgIpc) is 2.31. The maximum atomic E-state index is 5.72. The van der Waals surface area contributed by atoms with E-state index in [-0.39, 0.29) is 0 Å². The zero-order chi connectivity index (χ0) is 10.5. The van der Waals surface area contributed by atoms with Gasteiger partial charge in [0, 0.05) is 12.1 Å². The predicted molar refractivity (Wildman–Crippen MR) is 64.9 cm³/mol. The molecule has 2 fully saturated rings. The van der Waals surface area contributed by atoms with Crippen LogP contribution >= 0.6 is 0 Å². The van der Waals surface area contributed by atoms with Crippen LogP contribution in [0.5, 0.6) is 0 Å². The van der Waals surface area contributed by atoms with Crippen LogP contribution in [0.3, 0.4) is 0 Å². The number of hydrogen-bond acceptors (Lipinski definition) is 2. The van der Waals surface area contributed by atoms with E-state index in [1.165, 1.54) is 64.3 Å². The van der Waals surface area contributed by atoms with Crippen LogP contribution in [-0.4, -0.2) is 30.1 Å². The molecule has 2 heteroatoms. The summed E-state index contributed by atoms with van der Waals surface area (Å²) in [4.78, 5) is 2.80. The van der Waals surface area contributed by atoms with E-state index in [0.717, 1.165) is 18.6 Å². The molecule has 1 saturated heterocycles. The number of hydrogen-bond donors (Lipinski definition) is 1. The van der Waals surface area contributed by atoms with E-state index in [9.17, 15) is 0 Å². The smallest absolute Gasteiger partial charge is 0.0110 e. The Balaban J connectivity index is 1.90. The van der Waals surface area contributed by atoms with Crippen LogP contribution in [-0.2, 0) is 0 Å². The Labute approximate surface area is 94.2 Å². The van der Waals surface area contributed by atoms with E-state index in [4.69, 9.17) is 5.73 Å². The van der Waals surface area contributed by atoms with Crippen molar-refractivity contribution in [2.24, 2.45) is 5.73 Å². The van der Waals surface area contributed by atoms with Gasteiger partial charge < -0.3 is 5.73 Å². The molecule has 2 aliphatic rings. The molecular formula is C13H26N2. The Morgan fingerprint density at radius 3 is 2.40 bits per heavy atom. The maximum absolute atomic E-state index is 5.72. The molecule has 2 rings (SSSR count). The Morgan fingerprint density at radius 2 is 1.67 bits per heavy atom. The Bertz CT molecular complexity index is 163. The molecule has 1 unspecified atom stereocenters. The van der Waals surface area contributed by atoms with E-state index in [2.05, 4.69) is 4.90 Å². The zero-order valence-corrected chi connectivity index (χ0v) is 9.96. The van der Waals surface area contributed by atoms with Crippen molar-refractivity contribution < 1.29 is 0 Å². The molecule has 15 heavy (non-hydrogen) atoms. The zero-order valence-electron chi connectivity index (χ0n) is 9.96. The van der Waals surface area contributed by atoms with Crippen LogP contribution < -0.4 is 5.73 Å². The van der Waals surface area contributed by atoms with Crippen LogP contribution in [0.25, 0.3) is 0 Å². The second-order valence-corrected chi connectivity index (χ2v) is 5.26. The Kier molecular flexibility index (Phi) is 4.45. The highest BCUT2D eigenvalue weighted by Gasteiger charge is 2.28. The number of likely N-dealkylation sites (tertiary alicyclic amines) is 1. The number of nitrogens with two attached hydrogens (primary N) is 1. The van der Waals surface area contributed by atoms with Gasteiger partial charge in [-0.25, -0.2) is 0 Å². The molecule has 0 aromatic carbocycles. The highest BCUT2D eigenvalue weighted by Crippen LogP contribution is 2.29. The van der Waals surface area contributed by atoms with Gasteiger partial charge in [0.05, 0.1) is 0 Å². The maximum Gasteiger partial charge on any atom is 0.0110 e. The Hall–Kier alpha value is -0.0800. The van der Waals surface area contributed by atoms with E-state index in [1.807, 2.05) is 0 Å². The van der Waals surface area contributed by atoms with E-state index < -0.39 is 0 Å². The van der Waals surface area contributed by atoms with E-state index in [1.54, 1.807) is 0 Å². The molecule has 88 valence electrons. The monoisotopic (exact) mass is 210 g/mol. The lowest BCUT2D eigenvalue weighted by Crippen LogP contribution is -2.47. The van der Waals surface area contributed by atoms with Gasteiger partial charge in [0.1, 0.15) is 0 Å². The minimum atomic E-state index is 0.812. The van der Waals surface area contributed by atoms with Gasteiger partial charge in [-0.1, -0.05) is 25.7 Å². The van der Waals surface area contributed by atoms with Gasteiger partial charge in [0.2, 0.25) is 0 Å². The van der Waals surface area contributed by atoms with Gasteiger partial charge in [-0.05, 0) is 45.2 Å². The summed E-state index contributed by atoms with van der Waals surface area (Å²) in [7, 11) is 0. The number of piperidine rings is 1.